The number of rotatable bonds is 3. The molecule has 20 heavy (non-hydrogen) atoms. The average molecular weight is 311 g/mol. The summed E-state index contributed by atoms with van der Waals surface area (Å²) in [5.41, 5.74) is 2.26. The molecule has 0 aliphatic carbocycles. The first-order valence-corrected chi connectivity index (χ1v) is 7.01. The van der Waals surface area contributed by atoms with Crippen molar-refractivity contribution in [3.8, 4) is 0 Å². The fourth-order valence-electron chi connectivity index (χ4n) is 1.49. The highest BCUT2D eigenvalue weighted by molar-refractivity contribution is 6.32. The van der Waals surface area contributed by atoms with Crippen LogP contribution in [0.4, 0.5) is 11.4 Å². The number of aromatic nitrogens is 1. The van der Waals surface area contributed by atoms with E-state index in [9.17, 15) is 4.79 Å². The van der Waals surface area contributed by atoms with E-state index in [1.165, 1.54) is 6.92 Å². The molecule has 1 N–H and O–H groups in total. The van der Waals surface area contributed by atoms with Gasteiger partial charge in [-0.3, -0.25) is 4.79 Å². The van der Waals surface area contributed by atoms with Gasteiger partial charge in [0.1, 0.15) is 10.3 Å². The molecule has 1 aromatic carbocycles. The van der Waals surface area contributed by atoms with Crippen LogP contribution < -0.4 is 5.32 Å². The Morgan fingerprint density at radius 2 is 1.50 bits per heavy atom. The second kappa shape index (κ2) is 7.88. The minimum atomic E-state index is 0.0385. The first-order valence-electron chi connectivity index (χ1n) is 6.26. The third-order valence-electron chi connectivity index (χ3n) is 2.34. The van der Waals surface area contributed by atoms with Crippen LogP contribution in [0.5, 0.6) is 0 Å². The molecule has 0 amide bonds. The Balaban J connectivity index is 0.000000956. The topological polar surface area (TPSA) is 42.0 Å². The molecule has 2 rings (SSSR count). The number of carbonyl (C=O) groups excluding carboxylic acids is 1. The summed E-state index contributed by atoms with van der Waals surface area (Å²) in [5, 5.41) is 3.78. The van der Waals surface area contributed by atoms with Crippen molar-refractivity contribution in [3.05, 3.63) is 52.3 Å². The molecule has 0 bridgehead atoms. The molecular formula is C15H16Cl2N2O. The van der Waals surface area contributed by atoms with Crippen molar-refractivity contribution < 1.29 is 4.79 Å². The summed E-state index contributed by atoms with van der Waals surface area (Å²) in [5.74, 6) is 0.0385. The molecule has 0 spiro atoms. The second-order valence-corrected chi connectivity index (χ2v) is 4.53. The van der Waals surface area contributed by atoms with Crippen LogP contribution in [0.25, 0.3) is 0 Å². The molecule has 0 radical (unpaired) electrons. The maximum absolute atomic E-state index is 11.1. The Bertz CT molecular complexity index is 563. The molecule has 1 heterocycles. The average Bonchev–Trinajstić information content (AvgIpc) is 2.40. The normalized spacial score (nSPS) is 9.45. The lowest BCUT2D eigenvalue weighted by molar-refractivity contribution is 0.101. The number of anilines is 2. The summed E-state index contributed by atoms with van der Waals surface area (Å²) in [6.07, 6.45) is 0. The fraction of sp³-hybridized carbons (Fsp3) is 0.200. The Labute approximate surface area is 128 Å². The number of ketones is 1. The van der Waals surface area contributed by atoms with Gasteiger partial charge < -0.3 is 5.32 Å². The van der Waals surface area contributed by atoms with Gasteiger partial charge in [0.2, 0.25) is 0 Å². The van der Waals surface area contributed by atoms with Gasteiger partial charge in [-0.25, -0.2) is 4.98 Å². The number of hydrogen-bond donors (Lipinski definition) is 1. The van der Waals surface area contributed by atoms with Crippen molar-refractivity contribution in [3.63, 3.8) is 0 Å². The van der Waals surface area contributed by atoms with Gasteiger partial charge in [0.05, 0.1) is 0 Å². The summed E-state index contributed by atoms with van der Waals surface area (Å²) >= 11 is 11.6. The molecule has 0 aliphatic heterocycles. The first kappa shape index (κ1) is 16.5. The van der Waals surface area contributed by atoms with Gasteiger partial charge in [-0.05, 0) is 43.3 Å². The van der Waals surface area contributed by atoms with Crippen LogP contribution in [0.1, 0.15) is 31.1 Å². The van der Waals surface area contributed by atoms with E-state index in [2.05, 4.69) is 10.3 Å². The zero-order chi connectivity index (χ0) is 15.1. The Hall–Kier alpha value is -1.58. The molecule has 1 aromatic heterocycles. The molecule has 0 saturated carbocycles. The van der Waals surface area contributed by atoms with Gasteiger partial charge in [-0.15, -0.1) is 0 Å². The molecule has 0 unspecified atom stereocenters. The number of carbonyl (C=O) groups is 1. The zero-order valence-electron chi connectivity index (χ0n) is 11.6. The summed E-state index contributed by atoms with van der Waals surface area (Å²) in [6.45, 7) is 5.53. The summed E-state index contributed by atoms with van der Waals surface area (Å²) < 4.78 is 0. The van der Waals surface area contributed by atoms with Crippen molar-refractivity contribution in [1.82, 2.24) is 4.98 Å². The highest BCUT2D eigenvalue weighted by atomic mass is 35.5. The highest BCUT2D eigenvalue weighted by Gasteiger charge is 2.02. The molecule has 3 nitrogen and oxygen atoms in total. The molecule has 2 aromatic rings. The largest absolute Gasteiger partial charge is 0.355 e. The fourth-order valence-corrected chi connectivity index (χ4v) is 1.95. The number of Topliss-reactive ketones (excluding diaryl/α,β-unsaturated/α-hetero) is 1. The SMILES string of the molecule is CC.CC(=O)c1ccc(Nc2cc(Cl)nc(Cl)c2)cc1. The van der Waals surface area contributed by atoms with Crippen molar-refractivity contribution in [2.75, 3.05) is 5.32 Å². The summed E-state index contributed by atoms with van der Waals surface area (Å²) in [4.78, 5) is 15.0. The lowest BCUT2D eigenvalue weighted by atomic mass is 10.1. The predicted octanol–water partition coefficient (Wildman–Crippen LogP) is 5.36. The van der Waals surface area contributed by atoms with Crippen LogP contribution in [0, 0.1) is 0 Å². The molecule has 5 heteroatoms. The van der Waals surface area contributed by atoms with Gasteiger partial charge in [0.25, 0.3) is 0 Å². The van der Waals surface area contributed by atoms with E-state index in [0.717, 1.165) is 11.4 Å². The van der Waals surface area contributed by atoms with Crippen molar-refractivity contribution >= 4 is 40.4 Å². The maximum atomic E-state index is 11.1. The van der Waals surface area contributed by atoms with Crippen molar-refractivity contribution in [2.45, 2.75) is 20.8 Å². The van der Waals surface area contributed by atoms with Crippen LogP contribution in [0.2, 0.25) is 10.3 Å². The Kier molecular flexibility index (Phi) is 6.49. The van der Waals surface area contributed by atoms with E-state index in [0.29, 0.717) is 15.9 Å². The van der Waals surface area contributed by atoms with Crippen molar-refractivity contribution in [2.24, 2.45) is 0 Å². The van der Waals surface area contributed by atoms with Gasteiger partial charge in [-0.2, -0.15) is 0 Å². The molecule has 0 aliphatic rings. The predicted molar refractivity (Wildman–Crippen MR) is 85.3 cm³/mol. The van der Waals surface area contributed by atoms with Crippen LogP contribution in [-0.2, 0) is 0 Å². The number of nitrogens with one attached hydrogen (secondary N) is 1. The second-order valence-electron chi connectivity index (χ2n) is 3.76. The van der Waals surface area contributed by atoms with E-state index in [1.807, 2.05) is 26.0 Å². The highest BCUT2D eigenvalue weighted by Crippen LogP contribution is 2.22. The van der Waals surface area contributed by atoms with E-state index in [1.54, 1.807) is 24.3 Å². The van der Waals surface area contributed by atoms with Gasteiger partial charge in [0, 0.05) is 16.9 Å². The van der Waals surface area contributed by atoms with E-state index >= 15 is 0 Å². The Morgan fingerprint density at radius 3 is 1.95 bits per heavy atom. The summed E-state index contributed by atoms with van der Waals surface area (Å²) in [7, 11) is 0. The van der Waals surface area contributed by atoms with Gasteiger partial charge >= 0.3 is 0 Å². The molecular weight excluding hydrogens is 295 g/mol. The molecule has 106 valence electrons. The van der Waals surface area contributed by atoms with Gasteiger partial charge in [-0.1, -0.05) is 37.0 Å². The van der Waals surface area contributed by atoms with Crippen LogP contribution in [0.15, 0.2) is 36.4 Å². The quantitative estimate of drug-likeness (QED) is 0.613. The first-order chi connectivity index (χ1) is 9.54. The molecule has 0 fully saturated rings. The Morgan fingerprint density at radius 1 is 1.00 bits per heavy atom. The third-order valence-corrected chi connectivity index (χ3v) is 2.73. The molecule has 0 atom stereocenters. The number of hydrogen-bond acceptors (Lipinski definition) is 3. The minimum absolute atomic E-state index is 0.0385. The lowest BCUT2D eigenvalue weighted by Gasteiger charge is -2.07. The monoisotopic (exact) mass is 310 g/mol. The zero-order valence-corrected chi connectivity index (χ0v) is 13.1. The van der Waals surface area contributed by atoms with E-state index < -0.39 is 0 Å². The minimum Gasteiger partial charge on any atom is -0.355 e. The van der Waals surface area contributed by atoms with Crippen LogP contribution >= 0.6 is 23.2 Å². The van der Waals surface area contributed by atoms with E-state index in [-0.39, 0.29) is 5.78 Å². The molecule has 0 saturated heterocycles. The third kappa shape index (κ3) is 4.83. The van der Waals surface area contributed by atoms with E-state index in [4.69, 9.17) is 23.2 Å². The maximum Gasteiger partial charge on any atom is 0.159 e. The van der Waals surface area contributed by atoms with Gasteiger partial charge in [0.15, 0.2) is 5.78 Å². The standard InChI is InChI=1S/C13H10Cl2N2O.C2H6/c1-8(18)9-2-4-10(5-3-9)16-11-6-12(14)17-13(15)7-11;1-2/h2-7H,1H3,(H,16,17);1-2H3. The number of benzene rings is 1. The van der Waals surface area contributed by atoms with Crippen molar-refractivity contribution in [1.29, 1.82) is 0 Å². The number of nitrogens with zero attached hydrogens (tertiary/aromatic N) is 1. The number of pyridine rings is 1. The lowest BCUT2D eigenvalue weighted by Crippen LogP contribution is -1.94. The van der Waals surface area contributed by atoms with Crippen LogP contribution in [0.3, 0.4) is 0 Å². The smallest absolute Gasteiger partial charge is 0.159 e. The van der Waals surface area contributed by atoms with Crippen LogP contribution in [-0.4, -0.2) is 10.8 Å². The summed E-state index contributed by atoms with van der Waals surface area (Å²) in [6, 6.07) is 10.5. The number of halogens is 2.